The van der Waals surface area contributed by atoms with Crippen molar-refractivity contribution < 1.29 is 9.59 Å². The topological polar surface area (TPSA) is 49.4 Å². The fourth-order valence-electron chi connectivity index (χ4n) is 2.60. The third-order valence-corrected chi connectivity index (χ3v) is 3.68. The van der Waals surface area contributed by atoms with E-state index in [0.717, 1.165) is 32.2 Å². The molecule has 1 heterocycles. The van der Waals surface area contributed by atoms with E-state index >= 15 is 0 Å². The van der Waals surface area contributed by atoms with Crippen LogP contribution in [-0.2, 0) is 9.59 Å². The molecule has 1 N–H and O–H groups in total. The first-order valence-electron chi connectivity index (χ1n) is 6.77. The maximum Gasteiger partial charge on any atom is 0.233 e. The second-order valence-electron chi connectivity index (χ2n) is 5.18. The van der Waals surface area contributed by atoms with Crippen molar-refractivity contribution in [2.45, 2.75) is 45.6 Å². The highest BCUT2D eigenvalue weighted by Crippen LogP contribution is 2.46. The highest BCUT2D eigenvalue weighted by molar-refractivity contribution is 6.08. The van der Waals surface area contributed by atoms with Gasteiger partial charge in [0.2, 0.25) is 11.8 Å². The number of carbonyl (C=O) groups excluding carboxylic acids is 2. The lowest BCUT2D eigenvalue weighted by Crippen LogP contribution is -2.45. The van der Waals surface area contributed by atoms with Crippen LogP contribution in [0.25, 0.3) is 0 Å². The fraction of sp³-hybridized carbons (Fsp3) is 0.846. The Bertz CT molecular complexity index is 297. The van der Waals surface area contributed by atoms with Gasteiger partial charge in [-0.05, 0) is 25.8 Å². The molecule has 2 amide bonds. The monoisotopic (exact) mass is 238 g/mol. The van der Waals surface area contributed by atoms with Gasteiger partial charge in [0.15, 0.2) is 0 Å². The molecule has 1 aliphatic heterocycles. The summed E-state index contributed by atoms with van der Waals surface area (Å²) in [6.45, 7) is 5.77. The molecule has 3 atom stereocenters. The first-order chi connectivity index (χ1) is 8.19. The van der Waals surface area contributed by atoms with Crippen LogP contribution >= 0.6 is 0 Å². The summed E-state index contributed by atoms with van der Waals surface area (Å²) >= 11 is 0. The van der Waals surface area contributed by atoms with Gasteiger partial charge >= 0.3 is 0 Å². The maximum absolute atomic E-state index is 11.8. The SMILES string of the molecule is CCCNC(CCC)CN1C(=O)C2CC2C1=O. The fourth-order valence-corrected chi connectivity index (χ4v) is 2.60. The molecule has 3 unspecified atom stereocenters. The lowest BCUT2D eigenvalue weighted by atomic mass is 10.1. The molecule has 1 saturated carbocycles. The third-order valence-electron chi connectivity index (χ3n) is 3.68. The van der Waals surface area contributed by atoms with Gasteiger partial charge in [0.05, 0.1) is 11.8 Å². The first kappa shape index (κ1) is 12.6. The number of amides is 2. The number of piperidine rings is 1. The molecular formula is C13H22N2O2. The lowest BCUT2D eigenvalue weighted by Gasteiger charge is -2.24. The third kappa shape index (κ3) is 2.51. The van der Waals surface area contributed by atoms with Crippen LogP contribution in [-0.4, -0.2) is 35.8 Å². The van der Waals surface area contributed by atoms with Crippen molar-refractivity contribution in [1.29, 1.82) is 0 Å². The Morgan fingerprint density at radius 1 is 1.24 bits per heavy atom. The van der Waals surface area contributed by atoms with Crippen LogP contribution in [0.2, 0.25) is 0 Å². The highest BCUT2D eigenvalue weighted by Gasteiger charge is 2.58. The average Bonchev–Trinajstić information content (AvgIpc) is 3.06. The smallest absolute Gasteiger partial charge is 0.233 e. The molecule has 2 fully saturated rings. The van der Waals surface area contributed by atoms with Gasteiger partial charge in [0.25, 0.3) is 0 Å². The number of rotatable bonds is 7. The Morgan fingerprint density at radius 3 is 2.41 bits per heavy atom. The molecule has 96 valence electrons. The predicted octanol–water partition coefficient (Wildman–Crippen LogP) is 1.16. The van der Waals surface area contributed by atoms with Gasteiger partial charge in [-0.1, -0.05) is 20.3 Å². The van der Waals surface area contributed by atoms with Crippen molar-refractivity contribution in [3.8, 4) is 0 Å². The van der Waals surface area contributed by atoms with E-state index < -0.39 is 0 Å². The standard InChI is InChI=1S/C13H22N2O2/c1-3-5-9(14-6-4-2)8-15-12(16)10-7-11(10)13(15)17/h9-11,14H,3-8H2,1-2H3. The van der Waals surface area contributed by atoms with E-state index in [9.17, 15) is 9.59 Å². The first-order valence-corrected chi connectivity index (χ1v) is 6.77. The van der Waals surface area contributed by atoms with Crippen LogP contribution in [0.15, 0.2) is 0 Å². The van der Waals surface area contributed by atoms with E-state index in [1.165, 1.54) is 4.90 Å². The Labute approximate surface area is 103 Å². The summed E-state index contributed by atoms with van der Waals surface area (Å²) in [5.74, 6) is 0.214. The molecule has 2 aliphatic rings. The minimum atomic E-state index is 0.0379. The molecule has 0 aromatic rings. The largest absolute Gasteiger partial charge is 0.312 e. The summed E-state index contributed by atoms with van der Waals surface area (Å²) in [6.07, 6.45) is 3.97. The van der Waals surface area contributed by atoms with Gasteiger partial charge in [-0.25, -0.2) is 0 Å². The number of nitrogens with zero attached hydrogens (tertiary/aromatic N) is 1. The zero-order valence-corrected chi connectivity index (χ0v) is 10.7. The number of carbonyl (C=O) groups is 2. The molecule has 2 rings (SSSR count). The number of hydrogen-bond acceptors (Lipinski definition) is 3. The highest BCUT2D eigenvalue weighted by atomic mass is 16.2. The molecule has 1 saturated heterocycles. The quantitative estimate of drug-likeness (QED) is 0.677. The summed E-state index contributed by atoms with van der Waals surface area (Å²) in [5.41, 5.74) is 0. The van der Waals surface area contributed by atoms with Crippen LogP contribution in [0.4, 0.5) is 0 Å². The molecule has 17 heavy (non-hydrogen) atoms. The van der Waals surface area contributed by atoms with Crippen LogP contribution < -0.4 is 5.32 Å². The van der Waals surface area contributed by atoms with Crippen molar-refractivity contribution in [2.75, 3.05) is 13.1 Å². The van der Waals surface area contributed by atoms with E-state index in [-0.39, 0.29) is 29.7 Å². The number of fused-ring (bicyclic) bond motifs is 1. The van der Waals surface area contributed by atoms with Crippen molar-refractivity contribution in [2.24, 2.45) is 11.8 Å². The minimum absolute atomic E-state index is 0.0379. The molecule has 1 aliphatic carbocycles. The van der Waals surface area contributed by atoms with Crippen LogP contribution in [0.5, 0.6) is 0 Å². The maximum atomic E-state index is 11.8. The van der Waals surface area contributed by atoms with Gasteiger partial charge < -0.3 is 5.32 Å². The second kappa shape index (κ2) is 5.17. The number of likely N-dealkylation sites (tertiary alicyclic amines) is 1. The van der Waals surface area contributed by atoms with E-state index in [4.69, 9.17) is 0 Å². The second-order valence-corrected chi connectivity index (χ2v) is 5.18. The summed E-state index contributed by atoms with van der Waals surface area (Å²) in [7, 11) is 0. The zero-order chi connectivity index (χ0) is 12.4. The molecule has 0 aromatic heterocycles. The molecule has 4 heteroatoms. The van der Waals surface area contributed by atoms with Gasteiger partial charge in [-0.2, -0.15) is 0 Å². The molecule has 0 spiro atoms. The minimum Gasteiger partial charge on any atom is -0.312 e. The number of nitrogens with one attached hydrogen (secondary N) is 1. The van der Waals surface area contributed by atoms with E-state index in [1.807, 2.05) is 0 Å². The molecule has 4 nitrogen and oxygen atoms in total. The zero-order valence-electron chi connectivity index (χ0n) is 10.7. The van der Waals surface area contributed by atoms with E-state index in [1.54, 1.807) is 0 Å². The van der Waals surface area contributed by atoms with Crippen LogP contribution in [0.3, 0.4) is 0 Å². The van der Waals surface area contributed by atoms with E-state index in [2.05, 4.69) is 19.2 Å². The van der Waals surface area contributed by atoms with Gasteiger partial charge in [0.1, 0.15) is 0 Å². The van der Waals surface area contributed by atoms with E-state index in [0.29, 0.717) is 6.54 Å². The summed E-state index contributed by atoms with van der Waals surface area (Å²) in [6, 6.07) is 0.269. The number of imide groups is 1. The van der Waals surface area contributed by atoms with Crippen molar-refractivity contribution in [3.05, 3.63) is 0 Å². The van der Waals surface area contributed by atoms with Gasteiger partial charge in [-0.3, -0.25) is 14.5 Å². The van der Waals surface area contributed by atoms with Gasteiger partial charge in [-0.15, -0.1) is 0 Å². The average molecular weight is 238 g/mol. The predicted molar refractivity (Wildman–Crippen MR) is 65.3 cm³/mol. The Morgan fingerprint density at radius 2 is 1.88 bits per heavy atom. The Balaban J connectivity index is 1.88. The van der Waals surface area contributed by atoms with Gasteiger partial charge in [0, 0.05) is 12.6 Å². The Kier molecular flexibility index (Phi) is 3.82. The molecule has 0 aromatic carbocycles. The summed E-state index contributed by atoms with van der Waals surface area (Å²) < 4.78 is 0. The lowest BCUT2D eigenvalue weighted by molar-refractivity contribution is -0.141. The molecule has 0 radical (unpaired) electrons. The van der Waals surface area contributed by atoms with Crippen molar-refractivity contribution in [3.63, 3.8) is 0 Å². The Hall–Kier alpha value is -0.900. The molecular weight excluding hydrogens is 216 g/mol. The van der Waals surface area contributed by atoms with Crippen LogP contribution in [0, 0.1) is 11.8 Å². The van der Waals surface area contributed by atoms with Crippen molar-refractivity contribution >= 4 is 11.8 Å². The normalized spacial score (nSPS) is 28.5. The van der Waals surface area contributed by atoms with Crippen molar-refractivity contribution in [1.82, 2.24) is 10.2 Å². The summed E-state index contributed by atoms with van der Waals surface area (Å²) in [5, 5.41) is 3.42. The molecule has 0 bridgehead atoms. The van der Waals surface area contributed by atoms with Crippen LogP contribution in [0.1, 0.15) is 39.5 Å². The number of hydrogen-bond donors (Lipinski definition) is 1. The summed E-state index contributed by atoms with van der Waals surface area (Å²) in [4.78, 5) is 25.2.